The van der Waals surface area contributed by atoms with Gasteiger partial charge in [0.2, 0.25) is 11.7 Å². The van der Waals surface area contributed by atoms with Crippen molar-refractivity contribution >= 4 is 11.7 Å². The first-order chi connectivity index (χ1) is 14.0. The molecule has 0 aliphatic heterocycles. The van der Waals surface area contributed by atoms with Crippen LogP contribution in [0.1, 0.15) is 27.8 Å². The third kappa shape index (κ3) is 3.47. The highest BCUT2D eigenvalue weighted by Gasteiger charge is 2.18. The number of aryl methyl sites for hydroxylation is 2. The van der Waals surface area contributed by atoms with Gasteiger partial charge in [-0.15, -0.1) is 10.2 Å². The van der Waals surface area contributed by atoms with Crippen LogP contribution in [-0.4, -0.2) is 42.7 Å². The van der Waals surface area contributed by atoms with E-state index in [0.717, 1.165) is 5.69 Å². The van der Waals surface area contributed by atoms with Crippen LogP contribution < -0.4 is 10.1 Å². The highest BCUT2D eigenvalue weighted by Crippen LogP contribution is 2.31. The van der Waals surface area contributed by atoms with Crippen molar-refractivity contribution in [2.75, 3.05) is 7.11 Å². The van der Waals surface area contributed by atoms with Crippen LogP contribution in [0.5, 0.6) is 11.5 Å². The van der Waals surface area contributed by atoms with E-state index in [1.807, 2.05) is 6.92 Å². The summed E-state index contributed by atoms with van der Waals surface area (Å²) in [6.45, 7) is 3.75. The number of amides is 1. The second-order valence-electron chi connectivity index (χ2n) is 6.35. The minimum atomic E-state index is -0.404. The Morgan fingerprint density at radius 3 is 2.86 bits per heavy atom. The predicted octanol–water partition coefficient (Wildman–Crippen LogP) is 2.04. The van der Waals surface area contributed by atoms with Crippen LogP contribution in [0.4, 0.5) is 0 Å². The lowest BCUT2D eigenvalue weighted by molar-refractivity contribution is 0.0938. The molecule has 1 amide bonds. The first-order valence-electron chi connectivity index (χ1n) is 8.76. The predicted molar refractivity (Wildman–Crippen MR) is 102 cm³/mol. The largest absolute Gasteiger partial charge is 0.504 e. The molecule has 29 heavy (non-hydrogen) atoms. The summed E-state index contributed by atoms with van der Waals surface area (Å²) in [6, 6.07) is 6.57. The summed E-state index contributed by atoms with van der Waals surface area (Å²) >= 11 is 0. The van der Waals surface area contributed by atoms with E-state index in [4.69, 9.17) is 9.15 Å². The van der Waals surface area contributed by atoms with Crippen molar-refractivity contribution in [2.45, 2.75) is 20.4 Å². The van der Waals surface area contributed by atoms with E-state index in [-0.39, 0.29) is 18.1 Å². The van der Waals surface area contributed by atoms with E-state index in [0.29, 0.717) is 34.4 Å². The normalized spacial score (nSPS) is 11.0. The molecule has 0 saturated heterocycles. The van der Waals surface area contributed by atoms with Gasteiger partial charge >= 0.3 is 0 Å². The van der Waals surface area contributed by atoms with Crippen molar-refractivity contribution in [3.8, 4) is 23.0 Å². The monoisotopic (exact) mass is 394 g/mol. The lowest BCUT2D eigenvalue weighted by Gasteiger charge is -2.04. The highest BCUT2D eigenvalue weighted by atomic mass is 16.5. The van der Waals surface area contributed by atoms with Crippen LogP contribution in [0.15, 0.2) is 34.9 Å². The number of ether oxygens (including phenoxy) is 1. The van der Waals surface area contributed by atoms with Gasteiger partial charge in [0, 0.05) is 17.5 Å². The molecule has 4 aromatic rings. The molecule has 0 bridgehead atoms. The Morgan fingerprint density at radius 1 is 1.24 bits per heavy atom. The third-order valence-corrected chi connectivity index (χ3v) is 4.36. The van der Waals surface area contributed by atoms with Gasteiger partial charge in [-0.05, 0) is 38.1 Å². The van der Waals surface area contributed by atoms with Gasteiger partial charge in [-0.25, -0.2) is 9.97 Å². The first kappa shape index (κ1) is 18.4. The summed E-state index contributed by atoms with van der Waals surface area (Å²) in [5.74, 6) is 1.35. The molecule has 3 aromatic heterocycles. The SMILES string of the molecule is COc1cc(-c2nc(CNC(=O)c3nnc4nc(C)ccn34)c(C)o2)ccc1O. The van der Waals surface area contributed by atoms with Gasteiger partial charge in [-0.3, -0.25) is 9.20 Å². The summed E-state index contributed by atoms with van der Waals surface area (Å²) < 4.78 is 12.3. The van der Waals surface area contributed by atoms with E-state index < -0.39 is 5.91 Å². The van der Waals surface area contributed by atoms with Crippen LogP contribution >= 0.6 is 0 Å². The molecule has 0 saturated carbocycles. The smallest absolute Gasteiger partial charge is 0.289 e. The van der Waals surface area contributed by atoms with Crippen molar-refractivity contribution in [3.05, 3.63) is 53.4 Å². The van der Waals surface area contributed by atoms with E-state index >= 15 is 0 Å². The quantitative estimate of drug-likeness (QED) is 0.526. The standard InChI is InChI=1S/C19H18N6O4/c1-10-6-7-25-16(23-24-19(25)21-10)17(27)20-9-13-11(2)29-18(22-13)12-4-5-14(26)15(8-12)28-3/h4-8,26H,9H2,1-3H3,(H,20,27). The lowest BCUT2D eigenvalue weighted by Crippen LogP contribution is -2.25. The van der Waals surface area contributed by atoms with E-state index in [1.54, 1.807) is 31.3 Å². The number of oxazole rings is 1. The number of carbonyl (C=O) groups is 1. The molecule has 0 fully saturated rings. The molecular weight excluding hydrogens is 376 g/mol. The van der Waals surface area contributed by atoms with Crippen molar-refractivity contribution in [3.63, 3.8) is 0 Å². The number of phenolic OH excluding ortho intramolecular Hbond substituents is 1. The minimum absolute atomic E-state index is 0.0252. The number of aromatic hydroxyl groups is 1. The number of carbonyl (C=O) groups excluding carboxylic acids is 1. The van der Waals surface area contributed by atoms with Crippen LogP contribution in [0.25, 0.3) is 17.2 Å². The molecule has 2 N–H and O–H groups in total. The van der Waals surface area contributed by atoms with E-state index in [2.05, 4.69) is 25.5 Å². The zero-order chi connectivity index (χ0) is 20.5. The highest BCUT2D eigenvalue weighted by molar-refractivity contribution is 5.91. The van der Waals surface area contributed by atoms with Crippen LogP contribution in [0.3, 0.4) is 0 Å². The van der Waals surface area contributed by atoms with Gasteiger partial charge < -0.3 is 19.6 Å². The first-order valence-corrected chi connectivity index (χ1v) is 8.76. The topological polar surface area (TPSA) is 128 Å². The van der Waals surface area contributed by atoms with Gasteiger partial charge in [-0.2, -0.15) is 0 Å². The molecule has 0 atom stereocenters. The Labute approximate surface area is 165 Å². The third-order valence-electron chi connectivity index (χ3n) is 4.36. The number of fused-ring (bicyclic) bond motifs is 1. The zero-order valence-electron chi connectivity index (χ0n) is 16.0. The number of aromatic nitrogens is 5. The minimum Gasteiger partial charge on any atom is -0.504 e. The Kier molecular flexibility index (Phi) is 4.59. The Hall–Kier alpha value is -3.95. The average Bonchev–Trinajstić information content (AvgIpc) is 3.29. The number of benzene rings is 1. The molecule has 3 heterocycles. The van der Waals surface area contributed by atoms with Crippen molar-refractivity contribution < 1.29 is 19.1 Å². The fourth-order valence-corrected chi connectivity index (χ4v) is 2.80. The summed E-state index contributed by atoms with van der Waals surface area (Å²) in [4.78, 5) is 21.2. The maximum atomic E-state index is 12.5. The number of hydrogen-bond donors (Lipinski definition) is 2. The Bertz CT molecular complexity index is 1210. The Morgan fingerprint density at radius 2 is 2.07 bits per heavy atom. The number of rotatable bonds is 5. The molecule has 0 aliphatic rings. The van der Waals surface area contributed by atoms with Crippen LogP contribution in [0, 0.1) is 13.8 Å². The van der Waals surface area contributed by atoms with Gasteiger partial charge in [0.1, 0.15) is 11.5 Å². The Balaban J connectivity index is 1.52. The zero-order valence-corrected chi connectivity index (χ0v) is 16.0. The van der Waals surface area contributed by atoms with Crippen molar-refractivity contribution in [1.82, 2.24) is 29.9 Å². The lowest BCUT2D eigenvalue weighted by atomic mass is 10.2. The fraction of sp³-hybridized carbons (Fsp3) is 0.211. The van der Waals surface area contributed by atoms with E-state index in [9.17, 15) is 9.90 Å². The number of nitrogens with zero attached hydrogens (tertiary/aromatic N) is 5. The summed E-state index contributed by atoms with van der Waals surface area (Å²) in [5.41, 5.74) is 2.00. The maximum Gasteiger partial charge on any atom is 0.289 e. The molecule has 4 rings (SSSR count). The fourth-order valence-electron chi connectivity index (χ4n) is 2.80. The average molecular weight is 394 g/mol. The molecular formula is C19H18N6O4. The van der Waals surface area contributed by atoms with Crippen LogP contribution in [0.2, 0.25) is 0 Å². The van der Waals surface area contributed by atoms with Crippen LogP contribution in [-0.2, 0) is 6.54 Å². The molecule has 0 spiro atoms. The molecule has 1 aromatic carbocycles. The summed E-state index contributed by atoms with van der Waals surface area (Å²) in [5, 5.41) is 20.3. The number of hydrogen-bond acceptors (Lipinski definition) is 8. The van der Waals surface area contributed by atoms with Gasteiger partial charge in [0.25, 0.3) is 11.7 Å². The molecule has 0 unspecified atom stereocenters. The summed E-state index contributed by atoms with van der Waals surface area (Å²) in [7, 11) is 1.46. The van der Waals surface area contributed by atoms with Crippen molar-refractivity contribution in [2.24, 2.45) is 0 Å². The van der Waals surface area contributed by atoms with Crippen molar-refractivity contribution in [1.29, 1.82) is 0 Å². The molecule has 148 valence electrons. The molecule has 0 radical (unpaired) electrons. The molecule has 10 nitrogen and oxygen atoms in total. The number of methoxy groups -OCH3 is 1. The summed E-state index contributed by atoms with van der Waals surface area (Å²) in [6.07, 6.45) is 1.70. The van der Waals surface area contributed by atoms with E-state index in [1.165, 1.54) is 17.6 Å². The second-order valence-corrected chi connectivity index (χ2v) is 6.35. The van der Waals surface area contributed by atoms with Gasteiger partial charge in [0.05, 0.1) is 13.7 Å². The number of phenols is 1. The maximum absolute atomic E-state index is 12.5. The molecule has 10 heteroatoms. The molecule has 0 aliphatic carbocycles. The number of nitrogens with one attached hydrogen (secondary N) is 1. The second kappa shape index (κ2) is 7.23. The van der Waals surface area contributed by atoms with Gasteiger partial charge in [-0.1, -0.05) is 0 Å². The van der Waals surface area contributed by atoms with Gasteiger partial charge in [0.15, 0.2) is 11.5 Å².